The summed E-state index contributed by atoms with van der Waals surface area (Å²) >= 11 is 5.92. The van der Waals surface area contributed by atoms with Crippen LogP contribution in [0.15, 0.2) is 42.5 Å². The quantitative estimate of drug-likeness (QED) is 0.708. The molecule has 1 fully saturated rings. The Balaban J connectivity index is 1.60. The summed E-state index contributed by atoms with van der Waals surface area (Å²) in [6.07, 6.45) is 0.399. The lowest BCUT2D eigenvalue weighted by Gasteiger charge is -2.17. The molecule has 0 aromatic heterocycles. The van der Waals surface area contributed by atoms with Crippen molar-refractivity contribution in [2.75, 3.05) is 31.2 Å². The summed E-state index contributed by atoms with van der Waals surface area (Å²) in [6.45, 7) is 5.76. The molecule has 1 heterocycles. The Morgan fingerprint density at radius 2 is 1.79 bits per heavy atom. The van der Waals surface area contributed by atoms with Crippen LogP contribution >= 0.6 is 11.6 Å². The second-order valence-corrected chi connectivity index (χ2v) is 7.22. The first-order valence-corrected chi connectivity index (χ1v) is 10.1. The number of anilines is 1. The topological polar surface area (TPSA) is 67.9 Å². The molecule has 0 radical (unpaired) electrons. The molecule has 0 bridgehead atoms. The molecule has 1 unspecified atom stereocenters. The van der Waals surface area contributed by atoms with Gasteiger partial charge in [0.05, 0.1) is 13.2 Å². The first-order valence-electron chi connectivity index (χ1n) is 9.75. The van der Waals surface area contributed by atoms with E-state index in [4.69, 9.17) is 21.1 Å². The van der Waals surface area contributed by atoms with Crippen molar-refractivity contribution in [3.8, 4) is 11.5 Å². The number of hydrogen-bond donors (Lipinski definition) is 1. The lowest BCUT2D eigenvalue weighted by molar-refractivity contribution is -0.117. The van der Waals surface area contributed by atoms with Crippen LogP contribution in [-0.2, 0) is 4.79 Å². The summed E-state index contributed by atoms with van der Waals surface area (Å²) < 4.78 is 11.1. The van der Waals surface area contributed by atoms with E-state index in [9.17, 15) is 9.59 Å². The van der Waals surface area contributed by atoms with Crippen LogP contribution in [0.25, 0.3) is 0 Å². The fraction of sp³-hybridized carbons (Fsp3) is 0.364. The number of nitrogens with one attached hydrogen (secondary N) is 1. The molecule has 0 saturated carbocycles. The van der Waals surface area contributed by atoms with E-state index in [0.717, 1.165) is 5.69 Å². The molecule has 154 valence electrons. The van der Waals surface area contributed by atoms with E-state index in [0.29, 0.717) is 54.8 Å². The van der Waals surface area contributed by atoms with Crippen molar-refractivity contribution in [1.29, 1.82) is 0 Å². The third-order valence-electron chi connectivity index (χ3n) is 4.70. The minimum absolute atomic E-state index is 0.0475. The first kappa shape index (κ1) is 21.0. The predicted molar refractivity (Wildman–Crippen MR) is 113 cm³/mol. The summed E-state index contributed by atoms with van der Waals surface area (Å²) in [4.78, 5) is 26.7. The minimum Gasteiger partial charge on any atom is -0.490 e. The maximum absolute atomic E-state index is 12.6. The number of ether oxygens (including phenoxy) is 2. The van der Waals surface area contributed by atoms with Crippen molar-refractivity contribution in [3.63, 3.8) is 0 Å². The number of amides is 2. The number of nitrogens with zero attached hydrogens (tertiary/aromatic N) is 1. The number of rotatable bonds is 8. The van der Waals surface area contributed by atoms with Crippen LogP contribution in [0.4, 0.5) is 5.69 Å². The maximum atomic E-state index is 12.6. The molecule has 2 aromatic carbocycles. The van der Waals surface area contributed by atoms with Gasteiger partial charge in [0.15, 0.2) is 11.5 Å². The van der Waals surface area contributed by atoms with Crippen LogP contribution in [0.2, 0.25) is 5.02 Å². The lowest BCUT2D eigenvalue weighted by atomic mass is 10.1. The minimum atomic E-state index is -0.202. The molecular weight excluding hydrogens is 392 g/mol. The molecule has 2 amide bonds. The Labute approximate surface area is 175 Å². The summed E-state index contributed by atoms with van der Waals surface area (Å²) in [5.41, 5.74) is 1.32. The van der Waals surface area contributed by atoms with E-state index in [2.05, 4.69) is 5.32 Å². The molecule has 1 saturated heterocycles. The van der Waals surface area contributed by atoms with Gasteiger partial charge >= 0.3 is 0 Å². The standard InChI is InChI=1S/C22H25ClN2O4/c1-3-28-19-10-5-16(12-20(19)29-4-2)22(27)24-13-15-11-21(26)25(14-15)18-8-6-17(23)7-9-18/h5-10,12,15H,3-4,11,13-14H2,1-2H3,(H,24,27). The van der Waals surface area contributed by atoms with Gasteiger partial charge in [-0.2, -0.15) is 0 Å². The van der Waals surface area contributed by atoms with E-state index < -0.39 is 0 Å². The van der Waals surface area contributed by atoms with Crippen molar-refractivity contribution < 1.29 is 19.1 Å². The number of carbonyl (C=O) groups is 2. The average molecular weight is 417 g/mol. The van der Waals surface area contributed by atoms with Gasteiger partial charge in [0.1, 0.15) is 0 Å². The normalized spacial score (nSPS) is 16.0. The van der Waals surface area contributed by atoms with E-state index in [1.54, 1.807) is 35.2 Å². The van der Waals surface area contributed by atoms with Crippen molar-refractivity contribution in [1.82, 2.24) is 5.32 Å². The first-order chi connectivity index (χ1) is 14.0. The van der Waals surface area contributed by atoms with Crippen LogP contribution < -0.4 is 19.7 Å². The Hall–Kier alpha value is -2.73. The highest BCUT2D eigenvalue weighted by Crippen LogP contribution is 2.29. The molecule has 2 aromatic rings. The third kappa shape index (κ3) is 5.21. The molecule has 7 heteroatoms. The zero-order chi connectivity index (χ0) is 20.8. The van der Waals surface area contributed by atoms with Gasteiger partial charge in [-0.1, -0.05) is 11.6 Å². The van der Waals surface area contributed by atoms with Gasteiger partial charge in [-0.05, 0) is 56.3 Å². The van der Waals surface area contributed by atoms with Gasteiger partial charge in [-0.25, -0.2) is 0 Å². The fourth-order valence-corrected chi connectivity index (χ4v) is 3.45. The summed E-state index contributed by atoms with van der Waals surface area (Å²) in [5, 5.41) is 3.56. The van der Waals surface area contributed by atoms with Crippen molar-refractivity contribution in [2.24, 2.45) is 5.92 Å². The largest absolute Gasteiger partial charge is 0.490 e. The molecule has 0 spiro atoms. The highest BCUT2D eigenvalue weighted by molar-refractivity contribution is 6.30. The monoisotopic (exact) mass is 416 g/mol. The molecule has 0 aliphatic carbocycles. The van der Waals surface area contributed by atoms with Gasteiger partial charge < -0.3 is 19.7 Å². The molecule has 29 heavy (non-hydrogen) atoms. The maximum Gasteiger partial charge on any atom is 0.251 e. The van der Waals surface area contributed by atoms with E-state index in [-0.39, 0.29) is 17.7 Å². The fourth-order valence-electron chi connectivity index (χ4n) is 3.32. The van der Waals surface area contributed by atoms with E-state index >= 15 is 0 Å². The highest BCUT2D eigenvalue weighted by atomic mass is 35.5. The number of hydrogen-bond acceptors (Lipinski definition) is 4. The third-order valence-corrected chi connectivity index (χ3v) is 4.95. The highest BCUT2D eigenvalue weighted by Gasteiger charge is 2.30. The van der Waals surface area contributed by atoms with Gasteiger partial charge in [0.25, 0.3) is 5.91 Å². The van der Waals surface area contributed by atoms with E-state index in [1.807, 2.05) is 26.0 Å². The molecule has 1 aliphatic rings. The van der Waals surface area contributed by atoms with Crippen molar-refractivity contribution in [2.45, 2.75) is 20.3 Å². The zero-order valence-electron chi connectivity index (χ0n) is 16.6. The van der Waals surface area contributed by atoms with Crippen LogP contribution in [-0.4, -0.2) is 38.1 Å². The smallest absolute Gasteiger partial charge is 0.251 e. The molecule has 6 nitrogen and oxygen atoms in total. The Morgan fingerprint density at radius 1 is 1.10 bits per heavy atom. The van der Waals surface area contributed by atoms with Gasteiger partial charge in [0, 0.05) is 41.7 Å². The second kappa shape index (κ2) is 9.65. The van der Waals surface area contributed by atoms with E-state index in [1.165, 1.54) is 0 Å². The molecular formula is C22H25ClN2O4. The predicted octanol–water partition coefficient (Wildman–Crippen LogP) is 3.92. The lowest BCUT2D eigenvalue weighted by Crippen LogP contribution is -2.31. The SMILES string of the molecule is CCOc1ccc(C(=O)NCC2CC(=O)N(c3ccc(Cl)cc3)C2)cc1OCC. The Morgan fingerprint density at radius 3 is 2.48 bits per heavy atom. The van der Waals surface area contributed by atoms with Crippen LogP contribution in [0.3, 0.4) is 0 Å². The number of benzene rings is 2. The summed E-state index contributed by atoms with van der Waals surface area (Å²) in [5.74, 6) is 1.06. The number of halogens is 1. The Bertz CT molecular complexity index is 870. The molecule has 1 aliphatic heterocycles. The van der Waals surface area contributed by atoms with Crippen molar-refractivity contribution in [3.05, 3.63) is 53.1 Å². The van der Waals surface area contributed by atoms with Crippen LogP contribution in [0.5, 0.6) is 11.5 Å². The Kier molecular flexibility index (Phi) is 6.99. The zero-order valence-corrected chi connectivity index (χ0v) is 17.4. The van der Waals surface area contributed by atoms with Gasteiger partial charge in [-0.3, -0.25) is 9.59 Å². The summed E-state index contributed by atoms with van der Waals surface area (Å²) in [6, 6.07) is 12.3. The number of carbonyl (C=O) groups excluding carboxylic acids is 2. The van der Waals surface area contributed by atoms with Crippen LogP contribution in [0.1, 0.15) is 30.6 Å². The molecule has 3 rings (SSSR count). The van der Waals surface area contributed by atoms with Gasteiger partial charge in [0.2, 0.25) is 5.91 Å². The molecule has 1 N–H and O–H groups in total. The van der Waals surface area contributed by atoms with Crippen LogP contribution in [0, 0.1) is 5.92 Å². The second-order valence-electron chi connectivity index (χ2n) is 6.79. The van der Waals surface area contributed by atoms with Crippen molar-refractivity contribution >= 4 is 29.1 Å². The van der Waals surface area contributed by atoms with Gasteiger partial charge in [-0.15, -0.1) is 0 Å². The molecule has 1 atom stereocenters. The average Bonchev–Trinajstić information content (AvgIpc) is 3.09. The summed E-state index contributed by atoms with van der Waals surface area (Å²) in [7, 11) is 0.